The normalized spacial score (nSPS) is 15.3. The smallest absolute Gasteiger partial charge is 0.248 e. The first-order chi connectivity index (χ1) is 19.1. The minimum absolute atomic E-state index is 0.174. The van der Waals surface area contributed by atoms with Gasteiger partial charge in [0.1, 0.15) is 0 Å². The summed E-state index contributed by atoms with van der Waals surface area (Å²) < 4.78 is 6.24. The van der Waals surface area contributed by atoms with E-state index in [2.05, 4.69) is 115 Å². The third-order valence-electron chi connectivity index (χ3n) is 8.75. The van der Waals surface area contributed by atoms with Crippen LogP contribution in [0.15, 0.2) is 126 Å². The molecule has 1 spiro atoms. The zero-order valence-corrected chi connectivity index (χ0v) is 21.8. The van der Waals surface area contributed by atoms with Gasteiger partial charge in [0.05, 0.1) is 5.41 Å². The third-order valence-corrected chi connectivity index (χ3v) is 8.75. The van der Waals surface area contributed by atoms with Gasteiger partial charge in [0.15, 0.2) is 0 Å². The van der Waals surface area contributed by atoms with Crippen LogP contribution in [0.1, 0.15) is 47.2 Å². The second kappa shape index (κ2) is 7.87. The quantitative estimate of drug-likeness (QED) is 0.238. The van der Waals surface area contributed by atoms with Crippen molar-refractivity contribution in [2.45, 2.75) is 24.7 Å². The molecule has 0 saturated heterocycles. The van der Waals surface area contributed by atoms with Crippen molar-refractivity contribution in [3.05, 3.63) is 155 Å². The monoisotopic (exact) mass is 502 g/mol. The van der Waals surface area contributed by atoms with E-state index in [1.54, 1.807) is 0 Å². The van der Waals surface area contributed by atoms with Crippen LogP contribution in [0.5, 0.6) is 0 Å². The lowest BCUT2D eigenvalue weighted by molar-refractivity contribution is 0.561. The highest BCUT2D eigenvalue weighted by molar-refractivity contribution is 5.88. The van der Waals surface area contributed by atoms with Crippen LogP contribution in [0.4, 0.5) is 0 Å². The van der Waals surface area contributed by atoms with E-state index in [1.807, 2.05) is 30.3 Å². The molecule has 0 atom stereocenters. The molecule has 0 bridgehead atoms. The third kappa shape index (κ3) is 2.87. The average Bonchev–Trinajstić information content (AvgIpc) is 3.59. The van der Waals surface area contributed by atoms with Crippen LogP contribution in [-0.2, 0) is 10.8 Å². The molecule has 0 saturated carbocycles. The maximum Gasteiger partial charge on any atom is 0.248 e. The fraction of sp³-hybridized carbons (Fsp3) is 0.111. The second-order valence-electron chi connectivity index (χ2n) is 11.1. The van der Waals surface area contributed by atoms with Crippen molar-refractivity contribution in [1.82, 2.24) is 10.2 Å². The molecule has 0 unspecified atom stereocenters. The summed E-state index contributed by atoms with van der Waals surface area (Å²) in [4.78, 5) is 0. The Balaban J connectivity index is 1.45. The molecule has 0 aliphatic heterocycles. The lowest BCUT2D eigenvalue weighted by Crippen LogP contribution is -2.40. The molecular weight excluding hydrogens is 476 g/mol. The molecule has 3 nitrogen and oxygen atoms in total. The Morgan fingerprint density at radius 3 is 1.64 bits per heavy atom. The fourth-order valence-electron chi connectivity index (χ4n) is 7.03. The first-order valence-corrected chi connectivity index (χ1v) is 13.4. The minimum Gasteiger partial charge on any atom is -0.416 e. The Kier molecular flexibility index (Phi) is 4.49. The van der Waals surface area contributed by atoms with Crippen molar-refractivity contribution in [3.8, 4) is 34.0 Å². The molecule has 8 rings (SSSR count). The maximum atomic E-state index is 6.24. The van der Waals surface area contributed by atoms with Crippen LogP contribution in [0, 0.1) is 0 Å². The van der Waals surface area contributed by atoms with Gasteiger partial charge in [-0.1, -0.05) is 111 Å². The first kappa shape index (κ1) is 22.2. The van der Waals surface area contributed by atoms with Gasteiger partial charge < -0.3 is 4.42 Å². The molecule has 0 radical (unpaired) electrons. The topological polar surface area (TPSA) is 38.9 Å². The van der Waals surface area contributed by atoms with Gasteiger partial charge in [-0.05, 0) is 68.8 Å². The molecule has 0 N–H and O–H groups in total. The summed E-state index contributed by atoms with van der Waals surface area (Å²) in [6.07, 6.45) is 0. The van der Waals surface area contributed by atoms with Crippen molar-refractivity contribution in [3.63, 3.8) is 0 Å². The van der Waals surface area contributed by atoms with Gasteiger partial charge in [0.2, 0.25) is 11.8 Å². The zero-order chi connectivity index (χ0) is 26.2. The SMILES string of the molecule is CC1(C)c2ccccc2C2(c3ccccc3-c3ccccc32)c2cc(-c3nnc(-c4ccccc4)o3)ccc21. The van der Waals surface area contributed by atoms with E-state index < -0.39 is 5.41 Å². The van der Waals surface area contributed by atoms with Crippen LogP contribution in [0.3, 0.4) is 0 Å². The molecule has 6 aromatic rings. The van der Waals surface area contributed by atoms with Gasteiger partial charge in [0.25, 0.3) is 0 Å². The molecule has 3 heteroatoms. The maximum absolute atomic E-state index is 6.24. The van der Waals surface area contributed by atoms with Gasteiger partial charge in [-0.15, -0.1) is 10.2 Å². The first-order valence-electron chi connectivity index (χ1n) is 13.4. The number of aromatic nitrogens is 2. The van der Waals surface area contributed by atoms with Crippen LogP contribution < -0.4 is 0 Å². The van der Waals surface area contributed by atoms with E-state index >= 15 is 0 Å². The average molecular weight is 503 g/mol. The number of fused-ring (bicyclic) bond motifs is 9. The van der Waals surface area contributed by atoms with Crippen LogP contribution in [-0.4, -0.2) is 10.2 Å². The highest BCUT2D eigenvalue weighted by Gasteiger charge is 2.53. The van der Waals surface area contributed by atoms with Crippen LogP contribution in [0.2, 0.25) is 0 Å². The van der Waals surface area contributed by atoms with E-state index in [9.17, 15) is 0 Å². The van der Waals surface area contributed by atoms with Crippen molar-refractivity contribution >= 4 is 0 Å². The minimum atomic E-state index is -0.438. The predicted molar refractivity (Wildman–Crippen MR) is 155 cm³/mol. The Morgan fingerprint density at radius 1 is 0.462 bits per heavy atom. The van der Waals surface area contributed by atoms with E-state index in [-0.39, 0.29) is 5.41 Å². The number of benzene rings is 5. The Bertz CT molecular complexity index is 1850. The fourth-order valence-corrected chi connectivity index (χ4v) is 7.03. The molecule has 2 aliphatic carbocycles. The Hall–Kier alpha value is -4.76. The van der Waals surface area contributed by atoms with Gasteiger partial charge >= 0.3 is 0 Å². The highest BCUT2D eigenvalue weighted by Crippen LogP contribution is 2.62. The van der Waals surface area contributed by atoms with Crippen molar-refractivity contribution < 1.29 is 4.42 Å². The van der Waals surface area contributed by atoms with Crippen LogP contribution >= 0.6 is 0 Å². The highest BCUT2D eigenvalue weighted by atomic mass is 16.4. The number of rotatable bonds is 2. The van der Waals surface area contributed by atoms with Gasteiger partial charge in [-0.2, -0.15) is 0 Å². The van der Waals surface area contributed by atoms with Crippen molar-refractivity contribution in [2.24, 2.45) is 0 Å². The van der Waals surface area contributed by atoms with Crippen molar-refractivity contribution in [2.75, 3.05) is 0 Å². The number of hydrogen-bond donors (Lipinski definition) is 0. The summed E-state index contributed by atoms with van der Waals surface area (Å²) in [5, 5.41) is 8.86. The van der Waals surface area contributed by atoms with E-state index in [4.69, 9.17) is 4.42 Å². The summed E-state index contributed by atoms with van der Waals surface area (Å²) in [6.45, 7) is 4.67. The molecule has 5 aromatic carbocycles. The summed E-state index contributed by atoms with van der Waals surface area (Å²) in [7, 11) is 0. The number of nitrogens with zero attached hydrogens (tertiary/aromatic N) is 2. The summed E-state index contributed by atoms with van der Waals surface area (Å²) in [5.74, 6) is 1.06. The van der Waals surface area contributed by atoms with Gasteiger partial charge in [-0.25, -0.2) is 0 Å². The Morgan fingerprint density at radius 2 is 0.974 bits per heavy atom. The molecule has 0 fully saturated rings. The molecule has 0 amide bonds. The standard InChI is InChI=1S/C36H26N2O/c1-35(2)29-18-10-11-19-31(29)36(27-16-8-6-14-25(27)26-15-7-9-17-28(26)36)32-22-24(20-21-30(32)35)34-38-37-33(39-34)23-12-4-3-5-13-23/h3-22H,1-2H3. The molecule has 39 heavy (non-hydrogen) atoms. The molecule has 186 valence electrons. The summed E-state index contributed by atoms with van der Waals surface area (Å²) in [5.41, 5.74) is 11.8. The largest absolute Gasteiger partial charge is 0.416 e. The van der Waals surface area contributed by atoms with E-state index in [1.165, 1.54) is 44.5 Å². The lowest BCUT2D eigenvalue weighted by atomic mass is 9.55. The van der Waals surface area contributed by atoms with Crippen LogP contribution in [0.25, 0.3) is 34.0 Å². The zero-order valence-electron chi connectivity index (χ0n) is 21.8. The predicted octanol–water partition coefficient (Wildman–Crippen LogP) is 8.41. The molecule has 1 heterocycles. The number of hydrogen-bond acceptors (Lipinski definition) is 3. The molecular formula is C36H26N2O. The van der Waals surface area contributed by atoms with E-state index in [0.717, 1.165) is 11.1 Å². The summed E-state index contributed by atoms with van der Waals surface area (Å²) >= 11 is 0. The molecule has 1 aromatic heterocycles. The summed E-state index contributed by atoms with van der Waals surface area (Å²) in [6, 6.07) is 43.4. The molecule has 2 aliphatic rings. The van der Waals surface area contributed by atoms with Gasteiger partial charge in [-0.3, -0.25) is 0 Å². The Labute approximate surface area is 227 Å². The van der Waals surface area contributed by atoms with E-state index in [0.29, 0.717) is 11.8 Å². The second-order valence-corrected chi connectivity index (χ2v) is 11.1. The lowest BCUT2D eigenvalue weighted by Gasteiger charge is -2.46. The van der Waals surface area contributed by atoms with Gasteiger partial charge in [0, 0.05) is 16.5 Å². The van der Waals surface area contributed by atoms with Crippen molar-refractivity contribution in [1.29, 1.82) is 0 Å².